The van der Waals surface area contributed by atoms with Gasteiger partial charge in [0.25, 0.3) is 5.19 Å². The van der Waals surface area contributed by atoms with Crippen LogP contribution in [0.3, 0.4) is 0 Å². The van der Waals surface area contributed by atoms with Gasteiger partial charge in [-0.25, -0.2) is 0 Å². The fourth-order valence-electron chi connectivity index (χ4n) is 1.81. The van der Waals surface area contributed by atoms with Crippen molar-refractivity contribution in [3.63, 3.8) is 0 Å². The van der Waals surface area contributed by atoms with Crippen LogP contribution in [0.15, 0.2) is 0 Å². The van der Waals surface area contributed by atoms with Gasteiger partial charge < -0.3 is 4.74 Å². The van der Waals surface area contributed by atoms with Crippen molar-refractivity contribution in [2.45, 2.75) is 66.7 Å². The average molecular weight is 300 g/mol. The summed E-state index contributed by atoms with van der Waals surface area (Å²) in [5, 5.41) is 0.456. The van der Waals surface area contributed by atoms with Crippen LogP contribution in [-0.2, 0) is 4.79 Å². The molecule has 0 aliphatic heterocycles. The zero-order chi connectivity index (χ0) is 15.4. The molecular formula is C15H28N2O2S. The fraction of sp³-hybridized carbons (Fsp3) is 0.800. The molecule has 0 bridgehead atoms. The van der Waals surface area contributed by atoms with Crippen LogP contribution in [0.5, 0.6) is 5.19 Å². The van der Waals surface area contributed by atoms with Gasteiger partial charge in [-0.05, 0) is 19.8 Å². The number of rotatable bonds is 3. The standard InChI is InChI=1S/C7H14.C6H8N2O2S.C2H6/c1-7-5-3-2-4-6-7;1-4(9)3-10-6-7-5(2)8-11-6;1-2/h7H,2-6H2,1H3;3H2,1-2H3;1-2H3. The largest absolute Gasteiger partial charge is 0.461 e. The van der Waals surface area contributed by atoms with Crippen molar-refractivity contribution >= 4 is 17.3 Å². The predicted octanol–water partition coefficient (Wildman–Crippen LogP) is 4.43. The van der Waals surface area contributed by atoms with Gasteiger partial charge in [0.1, 0.15) is 12.4 Å². The third-order valence-electron chi connectivity index (χ3n) is 2.80. The summed E-state index contributed by atoms with van der Waals surface area (Å²) in [4.78, 5) is 14.4. The van der Waals surface area contributed by atoms with Crippen molar-refractivity contribution in [1.82, 2.24) is 9.36 Å². The lowest BCUT2D eigenvalue weighted by Gasteiger charge is -2.15. The summed E-state index contributed by atoms with van der Waals surface area (Å²) in [5.41, 5.74) is 0. The fourth-order valence-corrected chi connectivity index (χ4v) is 2.34. The van der Waals surface area contributed by atoms with E-state index >= 15 is 0 Å². The van der Waals surface area contributed by atoms with E-state index in [-0.39, 0.29) is 12.4 Å². The molecule has 0 saturated heterocycles. The summed E-state index contributed by atoms with van der Waals surface area (Å²) in [5.74, 6) is 1.69. The first kappa shape index (κ1) is 19.0. The van der Waals surface area contributed by atoms with E-state index in [1.54, 1.807) is 6.92 Å². The van der Waals surface area contributed by atoms with E-state index in [0.717, 1.165) is 17.5 Å². The number of ketones is 1. The van der Waals surface area contributed by atoms with Gasteiger partial charge in [-0.2, -0.15) is 9.36 Å². The summed E-state index contributed by atoms with van der Waals surface area (Å²) in [7, 11) is 0. The topological polar surface area (TPSA) is 52.1 Å². The number of aromatic nitrogens is 2. The van der Waals surface area contributed by atoms with E-state index < -0.39 is 0 Å². The van der Waals surface area contributed by atoms with Gasteiger partial charge >= 0.3 is 0 Å². The molecule has 0 aromatic carbocycles. The van der Waals surface area contributed by atoms with Gasteiger partial charge in [0.2, 0.25) is 0 Å². The Balaban J connectivity index is 0.000000345. The molecule has 1 aliphatic carbocycles. The lowest BCUT2D eigenvalue weighted by atomic mass is 9.91. The van der Waals surface area contributed by atoms with E-state index in [0.29, 0.717) is 11.0 Å². The van der Waals surface area contributed by atoms with Crippen LogP contribution < -0.4 is 4.74 Å². The second-order valence-electron chi connectivity index (χ2n) is 4.84. The molecule has 1 saturated carbocycles. The maximum absolute atomic E-state index is 10.5. The Morgan fingerprint density at radius 1 is 1.30 bits per heavy atom. The summed E-state index contributed by atoms with van der Waals surface area (Å²) >= 11 is 1.16. The molecule has 0 radical (unpaired) electrons. The van der Waals surface area contributed by atoms with Crippen LogP contribution in [0.1, 0.15) is 65.6 Å². The van der Waals surface area contributed by atoms with E-state index in [1.165, 1.54) is 39.0 Å². The number of aryl methyl sites for hydroxylation is 1. The first-order valence-electron chi connectivity index (χ1n) is 7.50. The Morgan fingerprint density at radius 3 is 2.25 bits per heavy atom. The summed E-state index contributed by atoms with van der Waals surface area (Å²) in [6, 6.07) is 0. The minimum Gasteiger partial charge on any atom is -0.461 e. The maximum Gasteiger partial charge on any atom is 0.293 e. The molecule has 1 aromatic heterocycles. The van der Waals surface area contributed by atoms with Crippen molar-refractivity contribution in [2.75, 3.05) is 6.61 Å². The number of carbonyl (C=O) groups excluding carboxylic acids is 1. The Bertz CT molecular complexity index is 361. The normalized spacial score (nSPS) is 14.4. The molecule has 0 spiro atoms. The Labute approximate surface area is 127 Å². The van der Waals surface area contributed by atoms with Crippen molar-refractivity contribution < 1.29 is 9.53 Å². The zero-order valence-electron chi connectivity index (χ0n) is 13.4. The maximum atomic E-state index is 10.5. The van der Waals surface area contributed by atoms with E-state index in [2.05, 4.69) is 16.3 Å². The molecule has 20 heavy (non-hydrogen) atoms. The molecule has 0 atom stereocenters. The molecule has 0 amide bonds. The van der Waals surface area contributed by atoms with Gasteiger partial charge in [0.15, 0.2) is 5.78 Å². The highest BCUT2D eigenvalue weighted by Gasteiger charge is 2.06. The van der Waals surface area contributed by atoms with Crippen LogP contribution in [0.25, 0.3) is 0 Å². The van der Waals surface area contributed by atoms with Crippen molar-refractivity contribution in [3.05, 3.63) is 5.82 Å². The highest BCUT2D eigenvalue weighted by atomic mass is 32.1. The van der Waals surface area contributed by atoms with E-state index in [4.69, 9.17) is 4.74 Å². The van der Waals surface area contributed by atoms with E-state index in [1.807, 2.05) is 13.8 Å². The first-order chi connectivity index (χ1) is 9.58. The SMILES string of the molecule is CC.CC(=O)COc1nc(C)ns1.CC1CCCCC1. The summed E-state index contributed by atoms with van der Waals surface area (Å²) < 4.78 is 8.87. The number of hydrogen-bond donors (Lipinski definition) is 0. The van der Waals surface area contributed by atoms with Crippen molar-refractivity contribution in [1.29, 1.82) is 0 Å². The van der Waals surface area contributed by atoms with Crippen LogP contribution >= 0.6 is 11.5 Å². The van der Waals surface area contributed by atoms with Gasteiger partial charge in [-0.3, -0.25) is 4.79 Å². The number of ether oxygens (including phenoxy) is 1. The Morgan fingerprint density at radius 2 is 1.90 bits per heavy atom. The number of hydrogen-bond acceptors (Lipinski definition) is 5. The molecule has 1 aliphatic rings. The molecule has 1 fully saturated rings. The average Bonchev–Trinajstić information content (AvgIpc) is 2.86. The molecular weight excluding hydrogens is 272 g/mol. The van der Waals surface area contributed by atoms with Gasteiger partial charge in [-0.1, -0.05) is 52.9 Å². The smallest absolute Gasteiger partial charge is 0.293 e. The third-order valence-corrected chi connectivity index (χ3v) is 3.52. The first-order valence-corrected chi connectivity index (χ1v) is 8.28. The zero-order valence-corrected chi connectivity index (χ0v) is 14.3. The predicted molar refractivity (Wildman–Crippen MR) is 84.4 cm³/mol. The van der Waals surface area contributed by atoms with Gasteiger partial charge in [0, 0.05) is 11.5 Å². The molecule has 1 aromatic rings. The third kappa shape index (κ3) is 9.89. The second-order valence-corrected chi connectivity index (χ2v) is 5.56. The quantitative estimate of drug-likeness (QED) is 0.828. The van der Waals surface area contributed by atoms with E-state index in [9.17, 15) is 4.79 Å². The van der Waals surface area contributed by atoms with Crippen LogP contribution in [0.4, 0.5) is 0 Å². The lowest BCUT2D eigenvalue weighted by Crippen LogP contribution is -2.06. The minimum atomic E-state index is -0.0159. The summed E-state index contributed by atoms with van der Waals surface area (Å²) in [6.45, 7) is 9.68. The highest BCUT2D eigenvalue weighted by molar-refractivity contribution is 7.07. The highest BCUT2D eigenvalue weighted by Crippen LogP contribution is 2.22. The van der Waals surface area contributed by atoms with Crippen LogP contribution in [0.2, 0.25) is 0 Å². The van der Waals surface area contributed by atoms with Crippen LogP contribution in [-0.4, -0.2) is 21.7 Å². The molecule has 0 unspecified atom stereocenters. The second kappa shape index (κ2) is 11.8. The van der Waals surface area contributed by atoms with Gasteiger partial charge in [-0.15, -0.1) is 0 Å². The monoisotopic (exact) mass is 300 g/mol. The van der Waals surface area contributed by atoms with Crippen LogP contribution in [0, 0.1) is 12.8 Å². The molecule has 1 heterocycles. The Hall–Kier alpha value is -0.970. The van der Waals surface area contributed by atoms with Crippen molar-refractivity contribution in [2.24, 2.45) is 5.92 Å². The number of Topliss-reactive ketones (excluding diaryl/α,β-unsaturated/α-hetero) is 1. The Kier molecular flexibility index (Phi) is 11.3. The molecule has 2 rings (SSSR count). The molecule has 4 nitrogen and oxygen atoms in total. The molecule has 116 valence electrons. The van der Waals surface area contributed by atoms with Gasteiger partial charge in [0.05, 0.1) is 0 Å². The molecule has 5 heteroatoms. The molecule has 0 N–H and O–H groups in total. The summed E-state index contributed by atoms with van der Waals surface area (Å²) in [6.07, 6.45) is 7.44. The number of nitrogens with zero attached hydrogens (tertiary/aromatic N) is 2. The number of carbonyl (C=O) groups is 1. The minimum absolute atomic E-state index is 0.0159. The lowest BCUT2D eigenvalue weighted by molar-refractivity contribution is -0.118. The van der Waals surface area contributed by atoms with Crippen molar-refractivity contribution in [3.8, 4) is 5.19 Å².